The average molecular weight is 259 g/mol. The van der Waals surface area contributed by atoms with E-state index in [2.05, 4.69) is 40.1 Å². The van der Waals surface area contributed by atoms with Crippen LogP contribution in [0, 0.1) is 5.92 Å². The van der Waals surface area contributed by atoms with Crippen molar-refractivity contribution in [3.63, 3.8) is 0 Å². The number of hydrogen-bond acceptors (Lipinski definition) is 3. The molecule has 1 heterocycles. The Morgan fingerprint density at radius 2 is 1.74 bits per heavy atom. The average Bonchev–Trinajstić information content (AvgIpc) is 2.86. The molecule has 2 N–H and O–H groups in total. The van der Waals surface area contributed by atoms with Gasteiger partial charge < -0.3 is 10.6 Å². The second-order valence-electron chi connectivity index (χ2n) is 6.06. The van der Waals surface area contributed by atoms with Crippen LogP contribution in [-0.4, -0.2) is 43.7 Å². The molecule has 1 aliphatic heterocycles. The summed E-state index contributed by atoms with van der Waals surface area (Å²) >= 11 is 0. The topological polar surface area (TPSA) is 32.5 Å². The molecule has 104 valence electrons. The summed E-state index contributed by atoms with van der Waals surface area (Å²) in [5.41, 5.74) is 7.37. The number of nitrogens with zero attached hydrogens (tertiary/aromatic N) is 2. The second-order valence-corrected chi connectivity index (χ2v) is 6.06. The molecule has 3 nitrogen and oxygen atoms in total. The summed E-state index contributed by atoms with van der Waals surface area (Å²) in [6.45, 7) is 5.96. The van der Waals surface area contributed by atoms with Gasteiger partial charge in [0.1, 0.15) is 0 Å². The van der Waals surface area contributed by atoms with E-state index in [4.69, 9.17) is 5.73 Å². The fourth-order valence-electron chi connectivity index (χ4n) is 3.47. The Balaban J connectivity index is 1.47. The Morgan fingerprint density at radius 3 is 2.37 bits per heavy atom. The van der Waals surface area contributed by atoms with Crippen LogP contribution in [-0.2, 0) is 0 Å². The van der Waals surface area contributed by atoms with Crippen LogP contribution in [0.1, 0.15) is 19.3 Å². The maximum Gasteiger partial charge on any atom is 0.0367 e. The zero-order chi connectivity index (χ0) is 13.1. The molecule has 2 aliphatic rings. The minimum Gasteiger partial charge on any atom is -0.369 e. The fourth-order valence-corrected chi connectivity index (χ4v) is 3.47. The molecule has 0 amide bonds. The van der Waals surface area contributed by atoms with Crippen molar-refractivity contribution in [1.82, 2.24) is 4.90 Å². The quantitative estimate of drug-likeness (QED) is 0.900. The normalized spacial score (nSPS) is 28.8. The predicted molar refractivity (Wildman–Crippen MR) is 80.4 cm³/mol. The van der Waals surface area contributed by atoms with Gasteiger partial charge in [-0.1, -0.05) is 18.2 Å². The molecule has 1 saturated heterocycles. The Labute approximate surface area is 116 Å². The summed E-state index contributed by atoms with van der Waals surface area (Å²) in [4.78, 5) is 5.12. The molecule has 1 aromatic carbocycles. The third-order valence-electron chi connectivity index (χ3n) is 4.59. The van der Waals surface area contributed by atoms with E-state index in [1.165, 1.54) is 44.6 Å². The van der Waals surface area contributed by atoms with Crippen LogP contribution >= 0.6 is 0 Å². The van der Waals surface area contributed by atoms with Crippen LogP contribution in [0.2, 0.25) is 0 Å². The summed E-state index contributed by atoms with van der Waals surface area (Å²) in [5.74, 6) is 0.846. The van der Waals surface area contributed by atoms with Crippen molar-refractivity contribution in [2.24, 2.45) is 11.7 Å². The lowest BCUT2D eigenvalue weighted by molar-refractivity contribution is 0.219. The first-order chi connectivity index (χ1) is 9.31. The lowest BCUT2D eigenvalue weighted by Gasteiger charge is -2.37. The zero-order valence-corrected chi connectivity index (χ0v) is 11.7. The van der Waals surface area contributed by atoms with Crippen LogP contribution in [0.4, 0.5) is 5.69 Å². The number of rotatable bonds is 3. The number of piperazine rings is 1. The van der Waals surface area contributed by atoms with Crippen molar-refractivity contribution in [2.75, 3.05) is 37.6 Å². The molecular formula is C16H25N3. The van der Waals surface area contributed by atoms with Crippen molar-refractivity contribution in [2.45, 2.75) is 25.3 Å². The first-order valence-corrected chi connectivity index (χ1v) is 7.59. The molecule has 3 heteroatoms. The van der Waals surface area contributed by atoms with Gasteiger partial charge in [-0.25, -0.2) is 0 Å². The highest BCUT2D eigenvalue weighted by Gasteiger charge is 2.25. The van der Waals surface area contributed by atoms with Crippen molar-refractivity contribution < 1.29 is 0 Å². The van der Waals surface area contributed by atoms with Crippen LogP contribution < -0.4 is 10.6 Å². The van der Waals surface area contributed by atoms with Gasteiger partial charge >= 0.3 is 0 Å². The number of anilines is 1. The minimum absolute atomic E-state index is 0.468. The molecule has 2 unspecified atom stereocenters. The molecule has 2 fully saturated rings. The fraction of sp³-hybridized carbons (Fsp3) is 0.625. The van der Waals surface area contributed by atoms with Crippen molar-refractivity contribution >= 4 is 5.69 Å². The molecule has 1 saturated carbocycles. The van der Waals surface area contributed by atoms with Crippen LogP contribution in [0.15, 0.2) is 30.3 Å². The Hall–Kier alpha value is -1.06. The monoisotopic (exact) mass is 259 g/mol. The highest BCUT2D eigenvalue weighted by molar-refractivity contribution is 5.46. The SMILES string of the molecule is NC1CCC(CN2CCN(c3ccccc3)CC2)C1. The summed E-state index contributed by atoms with van der Waals surface area (Å²) < 4.78 is 0. The Morgan fingerprint density at radius 1 is 1.00 bits per heavy atom. The molecule has 0 spiro atoms. The number of benzene rings is 1. The largest absolute Gasteiger partial charge is 0.369 e. The summed E-state index contributed by atoms with van der Waals surface area (Å²) in [6, 6.07) is 11.2. The van der Waals surface area contributed by atoms with Crippen molar-refractivity contribution in [3.05, 3.63) is 30.3 Å². The predicted octanol–water partition coefficient (Wildman–Crippen LogP) is 1.94. The smallest absolute Gasteiger partial charge is 0.0367 e. The highest BCUT2D eigenvalue weighted by Crippen LogP contribution is 2.25. The molecule has 0 radical (unpaired) electrons. The third kappa shape index (κ3) is 3.28. The standard InChI is InChI=1S/C16H25N3/c17-15-7-6-14(12-15)13-18-8-10-19(11-9-18)16-4-2-1-3-5-16/h1-5,14-15H,6-13,17H2. The molecule has 1 aliphatic carbocycles. The van der Waals surface area contributed by atoms with E-state index < -0.39 is 0 Å². The molecule has 3 rings (SSSR count). The number of para-hydroxylation sites is 1. The van der Waals surface area contributed by atoms with Gasteiger partial charge in [0.25, 0.3) is 0 Å². The van der Waals surface area contributed by atoms with E-state index in [0.29, 0.717) is 6.04 Å². The van der Waals surface area contributed by atoms with Crippen LogP contribution in [0.5, 0.6) is 0 Å². The van der Waals surface area contributed by atoms with Gasteiger partial charge in [0, 0.05) is 44.5 Å². The van der Waals surface area contributed by atoms with Crippen LogP contribution in [0.3, 0.4) is 0 Å². The molecule has 0 aromatic heterocycles. The van der Waals surface area contributed by atoms with E-state index in [9.17, 15) is 0 Å². The summed E-state index contributed by atoms with van der Waals surface area (Å²) in [5, 5.41) is 0. The number of nitrogens with two attached hydrogens (primary N) is 1. The van der Waals surface area contributed by atoms with Gasteiger partial charge in [-0.3, -0.25) is 4.90 Å². The summed E-state index contributed by atoms with van der Waals surface area (Å²) in [7, 11) is 0. The molecule has 19 heavy (non-hydrogen) atoms. The van der Waals surface area contributed by atoms with Gasteiger partial charge in [-0.2, -0.15) is 0 Å². The maximum absolute atomic E-state index is 6.00. The minimum atomic E-state index is 0.468. The van der Waals surface area contributed by atoms with E-state index in [0.717, 1.165) is 19.0 Å². The molecule has 0 bridgehead atoms. The maximum atomic E-state index is 6.00. The van der Waals surface area contributed by atoms with Crippen molar-refractivity contribution in [1.29, 1.82) is 0 Å². The first kappa shape index (κ1) is 12.9. The zero-order valence-electron chi connectivity index (χ0n) is 11.7. The lowest BCUT2D eigenvalue weighted by Crippen LogP contribution is -2.47. The lowest BCUT2D eigenvalue weighted by atomic mass is 10.1. The van der Waals surface area contributed by atoms with E-state index in [1.54, 1.807) is 0 Å². The Bertz CT molecular complexity index is 384. The second kappa shape index (κ2) is 5.93. The Kier molecular flexibility index (Phi) is 4.04. The number of hydrogen-bond donors (Lipinski definition) is 1. The van der Waals surface area contributed by atoms with Crippen LogP contribution in [0.25, 0.3) is 0 Å². The first-order valence-electron chi connectivity index (χ1n) is 7.59. The van der Waals surface area contributed by atoms with Gasteiger partial charge in [-0.15, -0.1) is 0 Å². The highest BCUT2D eigenvalue weighted by atomic mass is 15.3. The molecular weight excluding hydrogens is 234 g/mol. The molecule has 1 aromatic rings. The van der Waals surface area contributed by atoms with Gasteiger partial charge in [0.15, 0.2) is 0 Å². The van der Waals surface area contributed by atoms with Crippen molar-refractivity contribution in [3.8, 4) is 0 Å². The summed E-state index contributed by atoms with van der Waals surface area (Å²) in [6.07, 6.45) is 3.80. The van der Waals surface area contributed by atoms with Gasteiger partial charge in [0.2, 0.25) is 0 Å². The van der Waals surface area contributed by atoms with Gasteiger partial charge in [-0.05, 0) is 37.3 Å². The van der Waals surface area contributed by atoms with E-state index in [-0.39, 0.29) is 0 Å². The van der Waals surface area contributed by atoms with E-state index in [1.807, 2.05) is 0 Å². The molecule has 2 atom stereocenters. The van der Waals surface area contributed by atoms with E-state index >= 15 is 0 Å². The van der Waals surface area contributed by atoms with Gasteiger partial charge in [0.05, 0.1) is 0 Å². The third-order valence-corrected chi connectivity index (χ3v) is 4.59.